The predicted octanol–water partition coefficient (Wildman–Crippen LogP) is 1.82. The first-order valence-corrected chi connectivity index (χ1v) is 7.49. The molecule has 0 saturated heterocycles. The summed E-state index contributed by atoms with van der Waals surface area (Å²) in [5, 5.41) is 6.18. The lowest BCUT2D eigenvalue weighted by atomic mass is 10.2. The van der Waals surface area contributed by atoms with E-state index in [0.29, 0.717) is 12.5 Å². The van der Waals surface area contributed by atoms with Crippen LogP contribution in [0.25, 0.3) is 0 Å². The van der Waals surface area contributed by atoms with E-state index >= 15 is 0 Å². The molecule has 0 aliphatic rings. The van der Waals surface area contributed by atoms with E-state index in [0.717, 1.165) is 30.2 Å². The molecule has 0 radical (unpaired) electrons. The Kier molecular flexibility index (Phi) is 6.91. The molecule has 0 fully saturated rings. The molecule has 0 aromatic carbocycles. The van der Waals surface area contributed by atoms with Gasteiger partial charge in [0.25, 0.3) is 0 Å². The van der Waals surface area contributed by atoms with Crippen molar-refractivity contribution in [2.75, 3.05) is 36.9 Å². The fraction of sp³-hybridized carbons (Fsp3) is 0.667. The third kappa shape index (κ3) is 5.57. The minimum Gasteiger partial charge on any atom is -0.370 e. The van der Waals surface area contributed by atoms with Crippen molar-refractivity contribution < 1.29 is 4.79 Å². The molecule has 21 heavy (non-hydrogen) atoms. The minimum absolute atomic E-state index is 0.00674. The third-order valence-corrected chi connectivity index (χ3v) is 3.05. The van der Waals surface area contributed by atoms with Gasteiger partial charge in [0.1, 0.15) is 18.0 Å². The van der Waals surface area contributed by atoms with Crippen LogP contribution in [0.5, 0.6) is 0 Å². The summed E-state index contributed by atoms with van der Waals surface area (Å²) in [6, 6.07) is 0. The number of anilines is 2. The molecule has 1 aromatic rings. The Morgan fingerprint density at radius 2 is 2.10 bits per heavy atom. The van der Waals surface area contributed by atoms with Gasteiger partial charge in [0.05, 0.1) is 6.54 Å². The number of rotatable bonds is 8. The van der Waals surface area contributed by atoms with Crippen LogP contribution in [0, 0.1) is 12.8 Å². The van der Waals surface area contributed by atoms with Crippen LogP contribution >= 0.6 is 0 Å². The first-order valence-electron chi connectivity index (χ1n) is 7.49. The number of likely N-dealkylation sites (N-methyl/N-ethyl adjacent to an activating group) is 1. The molecular formula is C15H27N5O. The quantitative estimate of drug-likeness (QED) is 0.765. The Bertz CT molecular complexity index is 461. The summed E-state index contributed by atoms with van der Waals surface area (Å²) in [6.07, 6.45) is 2.56. The second kappa shape index (κ2) is 8.44. The van der Waals surface area contributed by atoms with Crippen LogP contribution in [0.2, 0.25) is 0 Å². The van der Waals surface area contributed by atoms with E-state index in [2.05, 4.69) is 41.4 Å². The first-order chi connectivity index (χ1) is 9.95. The molecule has 0 saturated carbocycles. The maximum atomic E-state index is 11.9. The molecule has 2 N–H and O–H groups in total. The molecule has 0 atom stereocenters. The van der Waals surface area contributed by atoms with E-state index in [1.54, 1.807) is 0 Å². The lowest BCUT2D eigenvalue weighted by Gasteiger charge is -2.21. The third-order valence-electron chi connectivity index (χ3n) is 3.05. The molecule has 0 bridgehead atoms. The van der Waals surface area contributed by atoms with Crippen molar-refractivity contribution in [2.45, 2.75) is 34.1 Å². The average molecular weight is 293 g/mol. The van der Waals surface area contributed by atoms with Gasteiger partial charge in [-0.3, -0.25) is 4.79 Å². The van der Waals surface area contributed by atoms with Gasteiger partial charge in [0, 0.05) is 25.7 Å². The topological polar surface area (TPSA) is 70.2 Å². The number of carbonyl (C=O) groups is 1. The van der Waals surface area contributed by atoms with Crippen molar-refractivity contribution in [3.05, 3.63) is 11.9 Å². The number of nitrogens with zero attached hydrogens (tertiary/aromatic N) is 3. The summed E-state index contributed by atoms with van der Waals surface area (Å²) >= 11 is 0. The predicted molar refractivity (Wildman–Crippen MR) is 86.7 cm³/mol. The molecule has 6 nitrogen and oxygen atoms in total. The standard InChI is InChI=1S/C15H27N5O/c1-6-7-16-14-12(4)15(19-10-18-14)20(5)9-13(21)17-8-11(2)3/h10-11H,6-9H2,1-5H3,(H,17,21)(H,16,18,19). The largest absolute Gasteiger partial charge is 0.370 e. The number of amides is 1. The van der Waals surface area contributed by atoms with Crippen LogP contribution in [0.4, 0.5) is 11.6 Å². The summed E-state index contributed by atoms with van der Waals surface area (Å²) in [5.74, 6) is 2.07. The molecule has 6 heteroatoms. The van der Waals surface area contributed by atoms with Crippen molar-refractivity contribution in [1.29, 1.82) is 0 Å². The van der Waals surface area contributed by atoms with Crippen LogP contribution in [-0.2, 0) is 4.79 Å². The van der Waals surface area contributed by atoms with Gasteiger partial charge in [-0.25, -0.2) is 9.97 Å². The second-order valence-corrected chi connectivity index (χ2v) is 5.65. The molecule has 1 heterocycles. The summed E-state index contributed by atoms with van der Waals surface area (Å²) in [6.45, 7) is 10.1. The fourth-order valence-electron chi connectivity index (χ4n) is 1.91. The van der Waals surface area contributed by atoms with E-state index in [1.165, 1.54) is 6.33 Å². The van der Waals surface area contributed by atoms with Gasteiger partial charge in [-0.15, -0.1) is 0 Å². The lowest BCUT2D eigenvalue weighted by molar-refractivity contribution is -0.119. The summed E-state index contributed by atoms with van der Waals surface area (Å²) in [4.78, 5) is 22.3. The zero-order chi connectivity index (χ0) is 15.8. The van der Waals surface area contributed by atoms with Crippen LogP contribution in [0.1, 0.15) is 32.8 Å². The highest BCUT2D eigenvalue weighted by molar-refractivity contribution is 5.81. The highest BCUT2D eigenvalue weighted by atomic mass is 16.2. The maximum absolute atomic E-state index is 11.9. The minimum atomic E-state index is 0.00674. The van der Waals surface area contributed by atoms with E-state index in [4.69, 9.17) is 0 Å². The lowest BCUT2D eigenvalue weighted by Crippen LogP contribution is -2.37. The number of carbonyl (C=O) groups excluding carboxylic acids is 1. The van der Waals surface area contributed by atoms with Gasteiger partial charge >= 0.3 is 0 Å². The Morgan fingerprint density at radius 1 is 1.38 bits per heavy atom. The Hall–Kier alpha value is -1.85. The van der Waals surface area contributed by atoms with Crippen molar-refractivity contribution in [2.24, 2.45) is 5.92 Å². The summed E-state index contributed by atoms with van der Waals surface area (Å²) in [7, 11) is 1.87. The molecule has 0 spiro atoms. The number of aromatic nitrogens is 2. The van der Waals surface area contributed by atoms with Crippen molar-refractivity contribution in [3.63, 3.8) is 0 Å². The zero-order valence-electron chi connectivity index (χ0n) is 13.7. The molecule has 1 aromatic heterocycles. The van der Waals surface area contributed by atoms with Crippen molar-refractivity contribution in [3.8, 4) is 0 Å². The number of nitrogens with one attached hydrogen (secondary N) is 2. The van der Waals surface area contributed by atoms with Gasteiger partial charge in [-0.05, 0) is 19.3 Å². The molecule has 0 unspecified atom stereocenters. The first kappa shape index (κ1) is 17.2. The van der Waals surface area contributed by atoms with Crippen LogP contribution in [0.3, 0.4) is 0 Å². The normalized spacial score (nSPS) is 10.6. The fourth-order valence-corrected chi connectivity index (χ4v) is 1.91. The maximum Gasteiger partial charge on any atom is 0.239 e. The van der Waals surface area contributed by atoms with Crippen molar-refractivity contribution in [1.82, 2.24) is 15.3 Å². The average Bonchev–Trinajstić information content (AvgIpc) is 2.44. The molecule has 0 aliphatic carbocycles. The number of hydrogen-bond donors (Lipinski definition) is 2. The highest BCUT2D eigenvalue weighted by Gasteiger charge is 2.13. The highest BCUT2D eigenvalue weighted by Crippen LogP contribution is 2.20. The summed E-state index contributed by atoms with van der Waals surface area (Å²) < 4.78 is 0. The second-order valence-electron chi connectivity index (χ2n) is 5.65. The van der Waals surface area contributed by atoms with E-state index < -0.39 is 0 Å². The molecular weight excluding hydrogens is 266 g/mol. The Labute approximate surface area is 127 Å². The van der Waals surface area contributed by atoms with Gasteiger partial charge in [-0.1, -0.05) is 20.8 Å². The smallest absolute Gasteiger partial charge is 0.239 e. The van der Waals surface area contributed by atoms with Crippen molar-refractivity contribution >= 4 is 17.5 Å². The van der Waals surface area contributed by atoms with Gasteiger partial charge < -0.3 is 15.5 Å². The van der Waals surface area contributed by atoms with E-state index in [1.807, 2.05) is 18.9 Å². The molecule has 1 rings (SSSR count). The van der Waals surface area contributed by atoms with Crippen LogP contribution in [-0.4, -0.2) is 42.6 Å². The van der Waals surface area contributed by atoms with Gasteiger partial charge in [0.2, 0.25) is 5.91 Å². The van der Waals surface area contributed by atoms with Gasteiger partial charge in [0.15, 0.2) is 0 Å². The van der Waals surface area contributed by atoms with E-state index in [9.17, 15) is 4.79 Å². The van der Waals surface area contributed by atoms with Crippen LogP contribution < -0.4 is 15.5 Å². The Morgan fingerprint density at radius 3 is 2.71 bits per heavy atom. The Balaban J connectivity index is 2.69. The van der Waals surface area contributed by atoms with Gasteiger partial charge in [-0.2, -0.15) is 0 Å². The van der Waals surface area contributed by atoms with E-state index in [-0.39, 0.29) is 12.5 Å². The molecule has 1 amide bonds. The zero-order valence-corrected chi connectivity index (χ0v) is 13.7. The molecule has 118 valence electrons. The SMILES string of the molecule is CCCNc1ncnc(N(C)CC(=O)NCC(C)C)c1C. The molecule has 0 aliphatic heterocycles. The number of hydrogen-bond acceptors (Lipinski definition) is 5. The monoisotopic (exact) mass is 293 g/mol. The summed E-state index contributed by atoms with van der Waals surface area (Å²) in [5.41, 5.74) is 0.963. The van der Waals surface area contributed by atoms with Crippen LogP contribution in [0.15, 0.2) is 6.33 Å².